The van der Waals surface area contributed by atoms with Crippen LogP contribution in [-0.2, 0) is 0 Å². The molecule has 0 unspecified atom stereocenters. The molecule has 2 aromatic carbocycles. The van der Waals surface area contributed by atoms with Crippen molar-refractivity contribution in [2.45, 2.75) is 9.79 Å². The number of carbonyl (C=O) groups is 1. The number of benzene rings is 2. The fourth-order valence-corrected chi connectivity index (χ4v) is 3.04. The van der Waals surface area contributed by atoms with Crippen LogP contribution in [0.3, 0.4) is 0 Å². The molecule has 0 spiro atoms. The molecule has 0 aliphatic heterocycles. The number of H-pyrrole nitrogens is 1. The molecular weight excluding hydrogens is 258 g/mol. The molecule has 0 aliphatic carbocycles. The number of aromatic nitrogens is 1. The zero-order chi connectivity index (χ0) is 13.2. The maximum Gasteiger partial charge on any atom is 0.353 e. The van der Waals surface area contributed by atoms with Gasteiger partial charge in [0.25, 0.3) is 0 Å². The van der Waals surface area contributed by atoms with Crippen molar-refractivity contribution >= 4 is 28.6 Å². The summed E-state index contributed by atoms with van der Waals surface area (Å²) in [5.41, 5.74) is 1.09. The fourth-order valence-electron chi connectivity index (χ4n) is 1.98. The van der Waals surface area contributed by atoms with Gasteiger partial charge in [-0.2, -0.15) is 0 Å². The van der Waals surface area contributed by atoms with E-state index in [0.717, 1.165) is 20.7 Å². The maximum atomic E-state index is 11.3. The highest BCUT2D eigenvalue weighted by molar-refractivity contribution is 7.99. The molecule has 0 aliphatic rings. The molecule has 1 aromatic heterocycles. The Kier molecular flexibility index (Phi) is 3.01. The van der Waals surface area contributed by atoms with Gasteiger partial charge in [0, 0.05) is 15.8 Å². The number of rotatable bonds is 3. The minimum atomic E-state index is -0.936. The van der Waals surface area contributed by atoms with Gasteiger partial charge in [0.2, 0.25) is 0 Å². The molecular formula is C15H11NO2S. The van der Waals surface area contributed by atoms with Crippen molar-refractivity contribution in [2.24, 2.45) is 0 Å². The van der Waals surface area contributed by atoms with Gasteiger partial charge in [0.15, 0.2) is 0 Å². The first-order valence-corrected chi connectivity index (χ1v) is 6.64. The number of hydrogen-bond donors (Lipinski definition) is 2. The largest absolute Gasteiger partial charge is 0.477 e. The summed E-state index contributed by atoms with van der Waals surface area (Å²) in [4.78, 5) is 16.1. The van der Waals surface area contributed by atoms with Crippen molar-refractivity contribution in [3.63, 3.8) is 0 Å². The maximum absolute atomic E-state index is 11.3. The van der Waals surface area contributed by atoms with Crippen molar-refractivity contribution in [3.05, 3.63) is 60.3 Å². The number of carboxylic acid groups (broad SMARTS) is 1. The predicted molar refractivity (Wildman–Crippen MR) is 75.8 cm³/mol. The third-order valence-electron chi connectivity index (χ3n) is 2.84. The van der Waals surface area contributed by atoms with Gasteiger partial charge in [-0.3, -0.25) is 0 Å². The zero-order valence-electron chi connectivity index (χ0n) is 9.96. The van der Waals surface area contributed by atoms with E-state index in [1.807, 2.05) is 54.6 Å². The average Bonchev–Trinajstić information content (AvgIpc) is 2.79. The lowest BCUT2D eigenvalue weighted by Gasteiger charge is -2.01. The summed E-state index contributed by atoms with van der Waals surface area (Å²) in [7, 11) is 0. The lowest BCUT2D eigenvalue weighted by atomic mass is 10.2. The highest BCUT2D eigenvalue weighted by Gasteiger charge is 2.17. The summed E-state index contributed by atoms with van der Waals surface area (Å²) in [6.07, 6.45) is 0. The monoisotopic (exact) mass is 269 g/mol. The third-order valence-corrected chi connectivity index (χ3v) is 3.97. The van der Waals surface area contributed by atoms with E-state index in [-0.39, 0.29) is 5.69 Å². The molecule has 0 radical (unpaired) electrons. The zero-order valence-corrected chi connectivity index (χ0v) is 10.8. The Morgan fingerprint density at radius 2 is 1.68 bits per heavy atom. The second-order valence-corrected chi connectivity index (χ2v) is 5.18. The summed E-state index contributed by atoms with van der Waals surface area (Å²) in [5.74, 6) is -0.936. The van der Waals surface area contributed by atoms with Crippen molar-refractivity contribution in [1.82, 2.24) is 4.98 Å². The van der Waals surface area contributed by atoms with E-state index in [9.17, 15) is 9.90 Å². The molecule has 0 saturated heterocycles. The van der Waals surface area contributed by atoms with Crippen LogP contribution in [-0.4, -0.2) is 16.1 Å². The van der Waals surface area contributed by atoms with Gasteiger partial charge >= 0.3 is 5.97 Å². The second-order valence-electron chi connectivity index (χ2n) is 4.09. The van der Waals surface area contributed by atoms with E-state index in [1.165, 1.54) is 11.8 Å². The normalized spacial score (nSPS) is 10.7. The van der Waals surface area contributed by atoms with E-state index in [4.69, 9.17) is 0 Å². The summed E-state index contributed by atoms with van der Waals surface area (Å²) in [6, 6.07) is 17.4. The van der Waals surface area contributed by atoms with E-state index < -0.39 is 5.97 Å². The summed E-state index contributed by atoms with van der Waals surface area (Å²) < 4.78 is 0. The molecule has 19 heavy (non-hydrogen) atoms. The predicted octanol–water partition coefficient (Wildman–Crippen LogP) is 4.02. The number of aromatic amines is 1. The van der Waals surface area contributed by atoms with Gasteiger partial charge in [0.05, 0.1) is 4.90 Å². The second kappa shape index (κ2) is 4.82. The van der Waals surface area contributed by atoms with Crippen LogP contribution in [0.5, 0.6) is 0 Å². The van der Waals surface area contributed by atoms with Crippen LogP contribution in [0.25, 0.3) is 10.9 Å². The molecule has 0 amide bonds. The Hall–Kier alpha value is -2.20. The summed E-state index contributed by atoms with van der Waals surface area (Å²) in [5, 5.41) is 10.2. The van der Waals surface area contributed by atoms with Gasteiger partial charge in [-0.1, -0.05) is 48.2 Å². The molecule has 0 saturated carbocycles. The van der Waals surface area contributed by atoms with Crippen LogP contribution >= 0.6 is 11.8 Å². The first kappa shape index (κ1) is 11.9. The minimum absolute atomic E-state index is 0.245. The Bertz CT molecular complexity index is 734. The van der Waals surface area contributed by atoms with Crippen LogP contribution in [0.15, 0.2) is 64.4 Å². The molecule has 1 heterocycles. The Morgan fingerprint density at radius 3 is 2.42 bits per heavy atom. The topological polar surface area (TPSA) is 53.1 Å². The Morgan fingerprint density at radius 1 is 1.00 bits per heavy atom. The van der Waals surface area contributed by atoms with Gasteiger partial charge < -0.3 is 10.1 Å². The number of para-hydroxylation sites is 1. The molecule has 0 atom stereocenters. The van der Waals surface area contributed by atoms with Crippen molar-refractivity contribution < 1.29 is 9.90 Å². The van der Waals surface area contributed by atoms with Crippen LogP contribution in [0, 0.1) is 0 Å². The highest BCUT2D eigenvalue weighted by atomic mass is 32.2. The SMILES string of the molecule is O=C(O)c1[nH]c2ccccc2c1Sc1ccccc1. The summed E-state index contributed by atoms with van der Waals surface area (Å²) in [6.45, 7) is 0. The number of fused-ring (bicyclic) bond motifs is 1. The van der Waals surface area contributed by atoms with Gasteiger partial charge in [0.1, 0.15) is 5.69 Å². The smallest absolute Gasteiger partial charge is 0.353 e. The average molecular weight is 269 g/mol. The van der Waals surface area contributed by atoms with Crippen LogP contribution < -0.4 is 0 Å². The van der Waals surface area contributed by atoms with Crippen molar-refractivity contribution in [3.8, 4) is 0 Å². The molecule has 3 nitrogen and oxygen atoms in total. The number of carboxylic acids is 1. The number of hydrogen-bond acceptors (Lipinski definition) is 2. The number of aromatic carboxylic acids is 1. The van der Waals surface area contributed by atoms with Crippen molar-refractivity contribution in [1.29, 1.82) is 0 Å². The van der Waals surface area contributed by atoms with E-state index in [1.54, 1.807) is 0 Å². The van der Waals surface area contributed by atoms with E-state index >= 15 is 0 Å². The first-order valence-electron chi connectivity index (χ1n) is 5.82. The quantitative estimate of drug-likeness (QED) is 0.755. The Balaban J connectivity index is 2.15. The van der Waals surface area contributed by atoms with Crippen molar-refractivity contribution in [2.75, 3.05) is 0 Å². The highest BCUT2D eigenvalue weighted by Crippen LogP contribution is 2.36. The lowest BCUT2D eigenvalue weighted by Crippen LogP contribution is -1.97. The van der Waals surface area contributed by atoms with Gasteiger partial charge in [-0.15, -0.1) is 0 Å². The van der Waals surface area contributed by atoms with Crippen LogP contribution in [0.4, 0.5) is 0 Å². The fraction of sp³-hybridized carbons (Fsp3) is 0. The molecule has 3 aromatic rings. The van der Waals surface area contributed by atoms with Gasteiger partial charge in [-0.25, -0.2) is 4.79 Å². The molecule has 3 rings (SSSR count). The van der Waals surface area contributed by atoms with E-state index in [0.29, 0.717) is 0 Å². The van der Waals surface area contributed by atoms with E-state index in [2.05, 4.69) is 4.98 Å². The number of nitrogens with one attached hydrogen (secondary N) is 1. The first-order chi connectivity index (χ1) is 9.25. The molecule has 94 valence electrons. The third kappa shape index (κ3) is 2.22. The lowest BCUT2D eigenvalue weighted by molar-refractivity contribution is 0.0688. The van der Waals surface area contributed by atoms with Crippen LogP contribution in [0.2, 0.25) is 0 Å². The molecule has 0 bridgehead atoms. The minimum Gasteiger partial charge on any atom is -0.477 e. The van der Waals surface area contributed by atoms with Gasteiger partial charge in [-0.05, 0) is 18.2 Å². The molecule has 2 N–H and O–H groups in total. The Labute approximate surface area is 114 Å². The van der Waals surface area contributed by atoms with Crippen LogP contribution in [0.1, 0.15) is 10.5 Å². The molecule has 4 heteroatoms. The standard InChI is InChI=1S/C15H11NO2S/c17-15(18)13-14(19-10-6-2-1-3-7-10)11-8-4-5-9-12(11)16-13/h1-9,16H,(H,17,18). The summed E-state index contributed by atoms with van der Waals surface area (Å²) >= 11 is 1.47. The molecule has 0 fully saturated rings.